The summed E-state index contributed by atoms with van der Waals surface area (Å²) in [5.41, 5.74) is 0.265. The quantitative estimate of drug-likeness (QED) is 0.512. The molecule has 0 bridgehead atoms. The van der Waals surface area contributed by atoms with Crippen LogP contribution in [0.3, 0.4) is 0 Å². The Morgan fingerprint density at radius 3 is 2.70 bits per heavy atom. The number of nitro groups is 1. The third-order valence-electron chi connectivity index (χ3n) is 2.80. The fourth-order valence-corrected chi connectivity index (χ4v) is 2.84. The van der Waals surface area contributed by atoms with Crippen LogP contribution in [0.15, 0.2) is 18.2 Å². The van der Waals surface area contributed by atoms with Crippen LogP contribution in [0, 0.1) is 17.0 Å². The van der Waals surface area contributed by atoms with E-state index in [1.54, 1.807) is 6.92 Å². The molecule has 23 heavy (non-hydrogen) atoms. The van der Waals surface area contributed by atoms with Crippen LogP contribution in [-0.2, 0) is 4.74 Å². The first-order valence-electron chi connectivity index (χ1n) is 6.14. The molecular weight excluding hydrogens is 346 g/mol. The molecule has 2 rings (SSSR count). The summed E-state index contributed by atoms with van der Waals surface area (Å²) in [6.45, 7) is 1.61. The zero-order valence-electron chi connectivity index (χ0n) is 12.0. The van der Waals surface area contributed by atoms with Gasteiger partial charge in [0.05, 0.1) is 28.3 Å². The van der Waals surface area contributed by atoms with Crippen LogP contribution < -0.4 is 5.32 Å². The van der Waals surface area contributed by atoms with E-state index in [-0.39, 0.29) is 26.3 Å². The highest BCUT2D eigenvalue weighted by atomic mass is 35.5. The second-order valence-corrected chi connectivity index (χ2v) is 5.71. The number of aromatic nitrogens is 1. The number of halogens is 1. The molecule has 1 heterocycles. The van der Waals surface area contributed by atoms with E-state index in [0.717, 1.165) is 17.4 Å². The topological polar surface area (TPSA) is 111 Å². The highest BCUT2D eigenvalue weighted by molar-refractivity contribution is 7.17. The van der Waals surface area contributed by atoms with Gasteiger partial charge in [0.15, 0.2) is 5.13 Å². The van der Waals surface area contributed by atoms with Crippen molar-refractivity contribution in [3.8, 4) is 0 Å². The Morgan fingerprint density at radius 2 is 2.13 bits per heavy atom. The largest absolute Gasteiger partial charge is 0.465 e. The van der Waals surface area contributed by atoms with E-state index in [4.69, 9.17) is 11.6 Å². The molecule has 0 fully saturated rings. The lowest BCUT2D eigenvalue weighted by atomic mass is 10.2. The summed E-state index contributed by atoms with van der Waals surface area (Å²) in [4.78, 5) is 38.0. The maximum absolute atomic E-state index is 12.2. The van der Waals surface area contributed by atoms with E-state index in [2.05, 4.69) is 15.0 Å². The van der Waals surface area contributed by atoms with E-state index >= 15 is 0 Å². The van der Waals surface area contributed by atoms with Gasteiger partial charge in [0.1, 0.15) is 4.88 Å². The number of esters is 1. The molecule has 0 unspecified atom stereocenters. The monoisotopic (exact) mass is 355 g/mol. The van der Waals surface area contributed by atoms with Gasteiger partial charge in [-0.3, -0.25) is 20.2 Å². The number of nitrogens with one attached hydrogen (secondary N) is 1. The van der Waals surface area contributed by atoms with E-state index in [1.165, 1.54) is 19.2 Å². The Labute approximate surface area is 139 Å². The van der Waals surface area contributed by atoms with Crippen molar-refractivity contribution in [3.05, 3.63) is 49.5 Å². The molecule has 0 radical (unpaired) electrons. The van der Waals surface area contributed by atoms with Gasteiger partial charge in [-0.2, -0.15) is 0 Å². The highest BCUT2D eigenvalue weighted by Gasteiger charge is 2.19. The van der Waals surface area contributed by atoms with E-state index in [9.17, 15) is 19.7 Å². The predicted molar refractivity (Wildman–Crippen MR) is 84.3 cm³/mol. The zero-order chi connectivity index (χ0) is 17.1. The molecule has 2 aromatic rings. The predicted octanol–water partition coefficient (Wildman–Crippen LogP) is 3.05. The normalized spacial score (nSPS) is 10.2. The van der Waals surface area contributed by atoms with Crippen LogP contribution in [0.4, 0.5) is 10.8 Å². The number of amides is 1. The van der Waals surface area contributed by atoms with E-state index < -0.39 is 16.8 Å². The summed E-state index contributed by atoms with van der Waals surface area (Å²) < 4.78 is 4.61. The minimum absolute atomic E-state index is 0.0573. The Morgan fingerprint density at radius 1 is 1.43 bits per heavy atom. The molecule has 0 atom stereocenters. The van der Waals surface area contributed by atoms with Crippen LogP contribution in [-0.4, -0.2) is 28.9 Å². The number of thiazole rings is 1. The molecule has 0 saturated carbocycles. The number of ether oxygens (including phenoxy) is 1. The summed E-state index contributed by atoms with van der Waals surface area (Å²) >= 11 is 6.85. The first kappa shape index (κ1) is 16.8. The molecule has 8 nitrogen and oxygen atoms in total. The zero-order valence-corrected chi connectivity index (χ0v) is 13.5. The van der Waals surface area contributed by atoms with Crippen LogP contribution >= 0.6 is 22.9 Å². The fraction of sp³-hybridized carbons (Fsp3) is 0.154. The average Bonchev–Trinajstić information content (AvgIpc) is 2.86. The third kappa shape index (κ3) is 3.63. The number of carbonyl (C=O) groups is 2. The number of anilines is 1. The summed E-state index contributed by atoms with van der Waals surface area (Å²) in [6.07, 6.45) is 0. The van der Waals surface area contributed by atoms with Crippen LogP contribution in [0.2, 0.25) is 5.02 Å². The molecule has 0 aliphatic carbocycles. The van der Waals surface area contributed by atoms with Crippen molar-refractivity contribution in [2.24, 2.45) is 0 Å². The van der Waals surface area contributed by atoms with Crippen molar-refractivity contribution in [1.82, 2.24) is 4.98 Å². The second kappa shape index (κ2) is 6.71. The smallest absolute Gasteiger partial charge is 0.350 e. The highest BCUT2D eigenvalue weighted by Crippen LogP contribution is 2.26. The molecule has 1 N–H and O–H groups in total. The number of benzene rings is 1. The van der Waals surface area contributed by atoms with Crippen molar-refractivity contribution >= 4 is 45.6 Å². The molecule has 10 heteroatoms. The van der Waals surface area contributed by atoms with Gasteiger partial charge in [0, 0.05) is 12.1 Å². The lowest BCUT2D eigenvalue weighted by molar-refractivity contribution is -0.384. The maximum Gasteiger partial charge on any atom is 0.350 e. The van der Waals surface area contributed by atoms with Gasteiger partial charge in [-0.25, -0.2) is 9.78 Å². The number of nitrogens with zero attached hydrogens (tertiary/aromatic N) is 2. The minimum atomic E-state index is -0.611. The number of nitro benzene ring substituents is 1. The molecule has 1 amide bonds. The Hall–Kier alpha value is -2.52. The molecule has 0 aliphatic rings. The van der Waals surface area contributed by atoms with Crippen LogP contribution in [0.25, 0.3) is 0 Å². The number of hydrogen-bond donors (Lipinski definition) is 1. The van der Waals surface area contributed by atoms with Crippen molar-refractivity contribution in [1.29, 1.82) is 0 Å². The molecule has 0 saturated heterocycles. The molecule has 120 valence electrons. The number of non-ortho nitro benzene ring substituents is 1. The fourth-order valence-electron chi connectivity index (χ4n) is 1.70. The van der Waals surface area contributed by atoms with Gasteiger partial charge in [0.2, 0.25) is 0 Å². The minimum Gasteiger partial charge on any atom is -0.465 e. The number of aryl methyl sites for hydroxylation is 1. The van der Waals surface area contributed by atoms with Gasteiger partial charge in [-0.05, 0) is 13.0 Å². The third-order valence-corrected chi connectivity index (χ3v) is 4.16. The summed E-state index contributed by atoms with van der Waals surface area (Å²) in [7, 11) is 1.25. The lowest BCUT2D eigenvalue weighted by Crippen LogP contribution is -2.12. The first-order chi connectivity index (χ1) is 10.8. The summed E-state index contributed by atoms with van der Waals surface area (Å²) in [5, 5.41) is 13.3. The number of rotatable bonds is 4. The average molecular weight is 356 g/mol. The standard InChI is InChI=1S/C13H10ClN3O5S/c1-6-10(12(19)22-2)23-13(15-6)16-11(18)8-4-3-7(17(20)21)5-9(8)14/h3-5H,1-2H3,(H,15,16,18). The van der Waals surface area contributed by atoms with Crippen molar-refractivity contribution in [2.75, 3.05) is 12.4 Å². The van der Waals surface area contributed by atoms with E-state index in [1.807, 2.05) is 0 Å². The van der Waals surface area contributed by atoms with Crippen molar-refractivity contribution < 1.29 is 19.2 Å². The first-order valence-corrected chi connectivity index (χ1v) is 7.34. The van der Waals surface area contributed by atoms with Gasteiger partial charge >= 0.3 is 5.97 Å². The molecular formula is C13H10ClN3O5S. The Balaban J connectivity index is 2.23. The maximum atomic E-state index is 12.2. The summed E-state index contributed by atoms with van der Waals surface area (Å²) in [5.74, 6) is -1.14. The van der Waals surface area contributed by atoms with Gasteiger partial charge in [-0.15, -0.1) is 0 Å². The van der Waals surface area contributed by atoms with Gasteiger partial charge in [0.25, 0.3) is 11.6 Å². The Kier molecular flexibility index (Phi) is 4.92. The van der Waals surface area contributed by atoms with Crippen LogP contribution in [0.5, 0.6) is 0 Å². The van der Waals surface area contributed by atoms with Crippen LogP contribution in [0.1, 0.15) is 25.7 Å². The molecule has 0 spiro atoms. The van der Waals surface area contributed by atoms with E-state index in [0.29, 0.717) is 5.69 Å². The molecule has 0 aliphatic heterocycles. The molecule has 1 aromatic heterocycles. The number of carbonyl (C=O) groups excluding carboxylic acids is 2. The molecule has 1 aromatic carbocycles. The lowest BCUT2D eigenvalue weighted by Gasteiger charge is -2.03. The van der Waals surface area contributed by atoms with Gasteiger partial charge in [-0.1, -0.05) is 22.9 Å². The Bertz CT molecular complexity index is 805. The second-order valence-electron chi connectivity index (χ2n) is 4.30. The van der Waals surface area contributed by atoms with Gasteiger partial charge < -0.3 is 4.74 Å². The van der Waals surface area contributed by atoms with Crippen molar-refractivity contribution in [3.63, 3.8) is 0 Å². The SMILES string of the molecule is COC(=O)c1sc(NC(=O)c2ccc([N+](=O)[O-])cc2Cl)nc1C. The van der Waals surface area contributed by atoms with Crippen molar-refractivity contribution in [2.45, 2.75) is 6.92 Å². The number of hydrogen-bond acceptors (Lipinski definition) is 7. The summed E-state index contributed by atoms with van der Waals surface area (Å²) in [6, 6.07) is 3.51. The number of methoxy groups -OCH3 is 1.